The second-order valence-corrected chi connectivity index (χ2v) is 5.58. The molecule has 112 valence electrons. The van der Waals surface area contributed by atoms with Gasteiger partial charge in [0.05, 0.1) is 0 Å². The van der Waals surface area contributed by atoms with Gasteiger partial charge in [-0.3, -0.25) is 0 Å². The molecule has 0 amide bonds. The third-order valence-electron chi connectivity index (χ3n) is 3.62. The second kappa shape index (κ2) is 21.6. The number of allylic oxidation sites excluding steroid dienone is 2. The van der Waals surface area contributed by atoms with Gasteiger partial charge in [0.2, 0.25) is 0 Å². The molecule has 0 saturated heterocycles. The van der Waals surface area contributed by atoms with Crippen LogP contribution in [0, 0.1) is 0 Å². The third kappa shape index (κ3) is 21.8. The molecule has 0 rings (SSSR count). The summed E-state index contributed by atoms with van der Waals surface area (Å²) in [6.07, 6.45) is 24.4. The molecule has 0 nitrogen and oxygen atoms in total. The number of unbranched alkanes of at least 4 members (excludes halogenated alkanes) is 12. The first-order chi connectivity index (χ1) is 8.91. The molecule has 0 unspecified atom stereocenters. The monoisotopic (exact) mass is 392 g/mol. The molecule has 0 atom stereocenters. The van der Waals surface area contributed by atoms with Crippen molar-refractivity contribution < 1.29 is 0 Å². The van der Waals surface area contributed by atoms with Crippen LogP contribution in [0.4, 0.5) is 0 Å². The summed E-state index contributed by atoms with van der Waals surface area (Å²) in [5, 5.41) is 0. The van der Waals surface area contributed by atoms with E-state index in [0.29, 0.717) is 0 Å². The van der Waals surface area contributed by atoms with Crippen molar-refractivity contribution in [3.8, 4) is 0 Å². The van der Waals surface area contributed by atoms with E-state index in [1.165, 1.54) is 89.9 Å². The molecule has 0 radical (unpaired) electrons. The zero-order chi connectivity index (χ0) is 13.3. The Bertz CT molecular complexity index is 145. The van der Waals surface area contributed by atoms with E-state index >= 15 is 0 Å². The third-order valence-corrected chi connectivity index (χ3v) is 3.62. The van der Waals surface area contributed by atoms with Gasteiger partial charge in [0.1, 0.15) is 0 Å². The summed E-state index contributed by atoms with van der Waals surface area (Å²) in [4.78, 5) is 0. The maximum atomic E-state index is 2.41. The van der Waals surface area contributed by atoms with E-state index in [4.69, 9.17) is 0 Å². The SMILES string of the molecule is CCCCCCCC/C=C\CCCCCCCC.[BaH2]. The van der Waals surface area contributed by atoms with E-state index in [1.54, 1.807) is 0 Å². The van der Waals surface area contributed by atoms with Gasteiger partial charge in [-0.15, -0.1) is 0 Å². The molecular weight excluding hydrogens is 354 g/mol. The fourth-order valence-corrected chi connectivity index (χ4v) is 2.32. The average Bonchev–Trinajstić information content (AvgIpc) is 2.39. The van der Waals surface area contributed by atoms with Crippen LogP contribution in [0.5, 0.6) is 0 Å². The topological polar surface area (TPSA) is 0 Å². The van der Waals surface area contributed by atoms with Gasteiger partial charge in [0.25, 0.3) is 0 Å². The van der Waals surface area contributed by atoms with Crippen molar-refractivity contribution in [1.29, 1.82) is 0 Å². The minimum atomic E-state index is 0. The summed E-state index contributed by atoms with van der Waals surface area (Å²) in [5.41, 5.74) is 0. The molecular formula is C18H38Ba. The Kier molecular flexibility index (Phi) is 25.7. The molecule has 0 heterocycles. The second-order valence-electron chi connectivity index (χ2n) is 5.58. The van der Waals surface area contributed by atoms with Crippen molar-refractivity contribution in [1.82, 2.24) is 0 Å². The summed E-state index contributed by atoms with van der Waals surface area (Å²) in [6, 6.07) is 0. The van der Waals surface area contributed by atoms with Gasteiger partial charge >= 0.3 is 48.9 Å². The van der Waals surface area contributed by atoms with Gasteiger partial charge in [-0.1, -0.05) is 90.2 Å². The number of hydrogen-bond donors (Lipinski definition) is 0. The Morgan fingerprint density at radius 1 is 0.474 bits per heavy atom. The average molecular weight is 392 g/mol. The Morgan fingerprint density at radius 2 is 0.789 bits per heavy atom. The van der Waals surface area contributed by atoms with Crippen molar-refractivity contribution in [3.05, 3.63) is 12.2 Å². The van der Waals surface area contributed by atoms with E-state index in [9.17, 15) is 0 Å². The van der Waals surface area contributed by atoms with Crippen LogP contribution >= 0.6 is 0 Å². The van der Waals surface area contributed by atoms with Crippen LogP contribution in [0.3, 0.4) is 0 Å². The fourth-order valence-electron chi connectivity index (χ4n) is 2.32. The van der Waals surface area contributed by atoms with Gasteiger partial charge in [-0.25, -0.2) is 0 Å². The van der Waals surface area contributed by atoms with Crippen LogP contribution in [0.25, 0.3) is 0 Å². The van der Waals surface area contributed by atoms with Crippen LogP contribution in [-0.2, 0) is 0 Å². The quantitative estimate of drug-likeness (QED) is 0.190. The van der Waals surface area contributed by atoms with Crippen molar-refractivity contribution in [3.63, 3.8) is 0 Å². The predicted molar refractivity (Wildman–Crippen MR) is 93.7 cm³/mol. The molecule has 0 N–H and O–H groups in total. The first-order valence-electron chi connectivity index (χ1n) is 8.56. The Labute approximate surface area is 163 Å². The molecule has 0 aliphatic heterocycles. The molecule has 0 bridgehead atoms. The van der Waals surface area contributed by atoms with Crippen LogP contribution < -0.4 is 0 Å². The Hall–Kier alpha value is 1.31. The molecule has 0 spiro atoms. The Balaban J connectivity index is 0. The molecule has 0 aromatic rings. The summed E-state index contributed by atoms with van der Waals surface area (Å²) in [7, 11) is 0. The molecule has 0 aromatic heterocycles. The van der Waals surface area contributed by atoms with Crippen LogP contribution in [0.15, 0.2) is 12.2 Å². The zero-order valence-electron chi connectivity index (χ0n) is 13.1. The van der Waals surface area contributed by atoms with Crippen molar-refractivity contribution in [2.24, 2.45) is 0 Å². The first-order valence-corrected chi connectivity index (χ1v) is 8.56. The number of hydrogen-bond acceptors (Lipinski definition) is 0. The standard InChI is InChI=1S/C18H36.Ba.2H/c1-3-5-7-9-11-13-15-17-18-16-14-12-10-8-6-4-2;;;/h17-18H,3-16H2,1-2H3;;;/b18-17-;;;. The van der Waals surface area contributed by atoms with Gasteiger partial charge in [-0.05, 0) is 25.7 Å². The summed E-state index contributed by atoms with van der Waals surface area (Å²) in [5.74, 6) is 0. The van der Waals surface area contributed by atoms with Gasteiger partial charge in [0.15, 0.2) is 0 Å². The summed E-state index contributed by atoms with van der Waals surface area (Å²) >= 11 is 0. The molecule has 0 aromatic carbocycles. The van der Waals surface area contributed by atoms with Crippen LogP contribution in [0.1, 0.15) is 104 Å². The van der Waals surface area contributed by atoms with Crippen LogP contribution in [-0.4, -0.2) is 48.9 Å². The van der Waals surface area contributed by atoms with Crippen molar-refractivity contribution >= 4 is 48.9 Å². The molecule has 0 aliphatic carbocycles. The van der Waals surface area contributed by atoms with E-state index in [2.05, 4.69) is 26.0 Å². The fraction of sp³-hybridized carbons (Fsp3) is 0.889. The summed E-state index contributed by atoms with van der Waals surface area (Å²) in [6.45, 7) is 4.57. The van der Waals surface area contributed by atoms with Gasteiger partial charge in [-0.2, -0.15) is 0 Å². The van der Waals surface area contributed by atoms with Gasteiger partial charge in [0, 0.05) is 0 Å². The molecule has 19 heavy (non-hydrogen) atoms. The molecule has 0 saturated carbocycles. The van der Waals surface area contributed by atoms with E-state index in [1.807, 2.05) is 0 Å². The van der Waals surface area contributed by atoms with E-state index in [0.717, 1.165) is 0 Å². The normalized spacial score (nSPS) is 10.8. The summed E-state index contributed by atoms with van der Waals surface area (Å²) < 4.78 is 0. The van der Waals surface area contributed by atoms with Crippen molar-refractivity contribution in [2.75, 3.05) is 0 Å². The first kappa shape index (κ1) is 22.6. The minimum absolute atomic E-state index is 0. The molecule has 1 heteroatoms. The predicted octanol–water partition coefficient (Wildman–Crippen LogP) is 6.13. The van der Waals surface area contributed by atoms with E-state index < -0.39 is 0 Å². The zero-order valence-corrected chi connectivity index (χ0v) is 13.1. The number of rotatable bonds is 14. The maximum absolute atomic E-state index is 2.41. The molecule has 0 fully saturated rings. The van der Waals surface area contributed by atoms with Crippen LogP contribution in [0.2, 0.25) is 0 Å². The van der Waals surface area contributed by atoms with Gasteiger partial charge < -0.3 is 0 Å². The van der Waals surface area contributed by atoms with E-state index in [-0.39, 0.29) is 48.9 Å². The van der Waals surface area contributed by atoms with Crippen molar-refractivity contribution in [2.45, 2.75) is 104 Å². The molecule has 0 aliphatic rings. The Morgan fingerprint density at radius 3 is 1.16 bits per heavy atom.